The number of hydrogen-bond acceptors (Lipinski definition) is 6. The molecule has 2 N–H and O–H groups in total. The first kappa shape index (κ1) is 13.7. The lowest BCUT2D eigenvalue weighted by molar-refractivity contribution is 0.584. The molecule has 0 atom stereocenters. The van der Waals surface area contributed by atoms with E-state index in [1.165, 1.54) is 18.5 Å². The number of benzene rings is 1. The standard InChI is InChI=1S/C15H12F2N6/c16-8-3-9(17)5-11(4-8)21-14-13-12(19-7-20-14)6-18-15(23-13)22-10-1-2-10/h3-7,10H,1-2H2,(H,18,22,23)(H,19,20,21). The smallest absolute Gasteiger partial charge is 0.223 e. The van der Waals surface area contributed by atoms with Gasteiger partial charge in [-0.05, 0) is 25.0 Å². The molecule has 4 rings (SSSR count). The second-order valence-electron chi connectivity index (χ2n) is 5.35. The molecule has 0 aliphatic heterocycles. The summed E-state index contributed by atoms with van der Waals surface area (Å²) in [5, 5.41) is 6.07. The summed E-state index contributed by atoms with van der Waals surface area (Å²) in [6.07, 6.45) is 5.13. The highest BCUT2D eigenvalue weighted by molar-refractivity contribution is 5.87. The van der Waals surface area contributed by atoms with Crippen LogP contribution in [0.15, 0.2) is 30.7 Å². The van der Waals surface area contributed by atoms with Gasteiger partial charge in [-0.15, -0.1) is 0 Å². The Morgan fingerprint density at radius 2 is 1.78 bits per heavy atom. The van der Waals surface area contributed by atoms with Gasteiger partial charge in [0, 0.05) is 17.8 Å². The van der Waals surface area contributed by atoms with Crippen LogP contribution in [-0.4, -0.2) is 26.0 Å². The number of anilines is 3. The van der Waals surface area contributed by atoms with Crippen LogP contribution in [0.3, 0.4) is 0 Å². The Bertz CT molecular complexity index is 861. The van der Waals surface area contributed by atoms with Crippen molar-refractivity contribution in [3.05, 3.63) is 42.4 Å². The number of nitrogens with zero attached hydrogens (tertiary/aromatic N) is 4. The minimum atomic E-state index is -0.670. The molecule has 8 heteroatoms. The molecule has 2 aromatic heterocycles. The Morgan fingerprint density at radius 3 is 2.52 bits per heavy atom. The van der Waals surface area contributed by atoms with Crippen LogP contribution >= 0.6 is 0 Å². The third-order valence-electron chi connectivity index (χ3n) is 3.41. The van der Waals surface area contributed by atoms with Crippen molar-refractivity contribution in [2.75, 3.05) is 10.6 Å². The topological polar surface area (TPSA) is 75.6 Å². The number of aromatic nitrogens is 4. The molecule has 0 amide bonds. The van der Waals surface area contributed by atoms with Crippen molar-refractivity contribution < 1.29 is 8.78 Å². The maximum absolute atomic E-state index is 13.3. The summed E-state index contributed by atoms with van der Waals surface area (Å²) in [6, 6.07) is 3.58. The van der Waals surface area contributed by atoms with Gasteiger partial charge in [0.05, 0.1) is 6.20 Å². The van der Waals surface area contributed by atoms with E-state index in [1.807, 2.05) is 0 Å². The van der Waals surface area contributed by atoms with Gasteiger partial charge >= 0.3 is 0 Å². The molecule has 1 aromatic carbocycles. The summed E-state index contributed by atoms with van der Waals surface area (Å²) < 4.78 is 26.6. The van der Waals surface area contributed by atoms with Gasteiger partial charge in [-0.2, -0.15) is 0 Å². The fourth-order valence-electron chi connectivity index (χ4n) is 2.19. The van der Waals surface area contributed by atoms with E-state index in [-0.39, 0.29) is 5.69 Å². The minimum absolute atomic E-state index is 0.248. The fourth-order valence-corrected chi connectivity index (χ4v) is 2.19. The SMILES string of the molecule is Fc1cc(F)cc(Nc2ncnc3cnc(NC4CC4)nc23)c1. The zero-order chi connectivity index (χ0) is 15.8. The van der Waals surface area contributed by atoms with E-state index in [2.05, 4.69) is 30.6 Å². The summed E-state index contributed by atoms with van der Waals surface area (Å²) in [5.41, 5.74) is 1.27. The van der Waals surface area contributed by atoms with Crippen molar-refractivity contribution >= 4 is 28.5 Å². The van der Waals surface area contributed by atoms with E-state index in [0.29, 0.717) is 28.8 Å². The van der Waals surface area contributed by atoms with E-state index >= 15 is 0 Å². The van der Waals surface area contributed by atoms with E-state index < -0.39 is 11.6 Å². The lowest BCUT2D eigenvalue weighted by Crippen LogP contribution is -2.06. The summed E-state index contributed by atoms with van der Waals surface area (Å²) >= 11 is 0. The number of halogens is 2. The summed E-state index contributed by atoms with van der Waals surface area (Å²) in [7, 11) is 0. The van der Waals surface area contributed by atoms with Crippen LogP contribution in [0.4, 0.5) is 26.2 Å². The van der Waals surface area contributed by atoms with Crippen LogP contribution in [0.5, 0.6) is 0 Å². The first-order valence-corrected chi connectivity index (χ1v) is 7.15. The number of nitrogens with one attached hydrogen (secondary N) is 2. The Hall–Kier alpha value is -2.90. The highest BCUT2D eigenvalue weighted by Crippen LogP contribution is 2.26. The quantitative estimate of drug-likeness (QED) is 0.771. The van der Waals surface area contributed by atoms with E-state index in [1.54, 1.807) is 6.20 Å². The normalized spacial score (nSPS) is 14.0. The molecule has 1 aliphatic carbocycles. The molecular weight excluding hydrogens is 302 g/mol. The van der Waals surface area contributed by atoms with Crippen LogP contribution in [0, 0.1) is 11.6 Å². The van der Waals surface area contributed by atoms with Crippen LogP contribution < -0.4 is 10.6 Å². The Morgan fingerprint density at radius 1 is 1.00 bits per heavy atom. The van der Waals surface area contributed by atoms with Gasteiger partial charge in [0.1, 0.15) is 29.0 Å². The predicted molar refractivity (Wildman–Crippen MR) is 81.4 cm³/mol. The second-order valence-corrected chi connectivity index (χ2v) is 5.35. The number of fused-ring (bicyclic) bond motifs is 1. The van der Waals surface area contributed by atoms with E-state index in [9.17, 15) is 8.78 Å². The zero-order valence-electron chi connectivity index (χ0n) is 11.9. The van der Waals surface area contributed by atoms with Crippen molar-refractivity contribution in [2.24, 2.45) is 0 Å². The highest BCUT2D eigenvalue weighted by Gasteiger charge is 2.22. The molecule has 1 saturated carbocycles. The molecule has 1 fully saturated rings. The van der Waals surface area contributed by atoms with Gasteiger partial charge in [0.2, 0.25) is 5.95 Å². The largest absolute Gasteiger partial charge is 0.351 e. The summed E-state index contributed by atoms with van der Waals surface area (Å²) in [5.74, 6) is -0.488. The van der Waals surface area contributed by atoms with Gasteiger partial charge in [-0.3, -0.25) is 0 Å². The molecule has 116 valence electrons. The van der Waals surface area contributed by atoms with Crippen molar-refractivity contribution in [2.45, 2.75) is 18.9 Å². The number of rotatable bonds is 4. The first-order valence-electron chi connectivity index (χ1n) is 7.15. The maximum Gasteiger partial charge on any atom is 0.223 e. The lowest BCUT2D eigenvalue weighted by atomic mass is 10.3. The van der Waals surface area contributed by atoms with Crippen molar-refractivity contribution in [3.63, 3.8) is 0 Å². The average Bonchev–Trinajstić information content (AvgIpc) is 3.31. The van der Waals surface area contributed by atoms with Gasteiger partial charge in [-0.1, -0.05) is 0 Å². The molecule has 2 heterocycles. The predicted octanol–water partition coefficient (Wildman–Crippen LogP) is 3.02. The second kappa shape index (κ2) is 5.38. The minimum Gasteiger partial charge on any atom is -0.351 e. The van der Waals surface area contributed by atoms with E-state index in [0.717, 1.165) is 18.9 Å². The molecular formula is C15H12F2N6. The zero-order valence-corrected chi connectivity index (χ0v) is 11.9. The molecule has 0 unspecified atom stereocenters. The van der Waals surface area contributed by atoms with E-state index in [4.69, 9.17) is 0 Å². The van der Waals surface area contributed by atoms with Crippen molar-refractivity contribution in [1.29, 1.82) is 0 Å². The average molecular weight is 314 g/mol. The molecule has 0 saturated heterocycles. The summed E-state index contributed by atoms with van der Waals surface area (Å²) in [6.45, 7) is 0. The summed E-state index contributed by atoms with van der Waals surface area (Å²) in [4.78, 5) is 16.8. The van der Waals surface area contributed by atoms with Crippen molar-refractivity contribution in [1.82, 2.24) is 19.9 Å². The molecule has 0 radical (unpaired) electrons. The van der Waals surface area contributed by atoms with Crippen LogP contribution in [0.1, 0.15) is 12.8 Å². The van der Waals surface area contributed by atoms with Crippen molar-refractivity contribution in [3.8, 4) is 0 Å². The molecule has 6 nitrogen and oxygen atoms in total. The Kier molecular flexibility index (Phi) is 3.22. The third-order valence-corrected chi connectivity index (χ3v) is 3.41. The lowest BCUT2D eigenvalue weighted by Gasteiger charge is -2.09. The highest BCUT2D eigenvalue weighted by atomic mass is 19.1. The third kappa shape index (κ3) is 3.01. The van der Waals surface area contributed by atoms with Crippen LogP contribution in [0.25, 0.3) is 11.0 Å². The van der Waals surface area contributed by atoms with Gasteiger partial charge in [-0.25, -0.2) is 28.7 Å². The molecule has 3 aromatic rings. The molecule has 1 aliphatic rings. The first-order chi connectivity index (χ1) is 11.2. The molecule has 0 spiro atoms. The van der Waals surface area contributed by atoms with Gasteiger partial charge < -0.3 is 10.6 Å². The van der Waals surface area contributed by atoms with Crippen LogP contribution in [0.2, 0.25) is 0 Å². The van der Waals surface area contributed by atoms with Crippen LogP contribution in [-0.2, 0) is 0 Å². The molecule has 23 heavy (non-hydrogen) atoms. The Balaban J connectivity index is 1.72. The molecule has 0 bridgehead atoms. The monoisotopic (exact) mass is 314 g/mol. The van der Waals surface area contributed by atoms with Gasteiger partial charge in [0.15, 0.2) is 5.82 Å². The Labute approximate surface area is 130 Å². The maximum atomic E-state index is 13.3. The van der Waals surface area contributed by atoms with Gasteiger partial charge in [0.25, 0.3) is 0 Å². The fraction of sp³-hybridized carbons (Fsp3) is 0.200. The number of hydrogen-bond donors (Lipinski definition) is 2.